The summed E-state index contributed by atoms with van der Waals surface area (Å²) in [5.74, 6) is 5.16. The topological polar surface area (TPSA) is 223 Å². The number of hydrogen-bond acceptors (Lipinski definition) is 11. The van der Waals surface area contributed by atoms with Gasteiger partial charge in [0.25, 0.3) is 0 Å². The van der Waals surface area contributed by atoms with E-state index in [1.165, 1.54) is 0 Å². The van der Waals surface area contributed by atoms with Gasteiger partial charge in [0.2, 0.25) is 0 Å². The van der Waals surface area contributed by atoms with Gasteiger partial charge in [-0.05, 0) is 154 Å². The van der Waals surface area contributed by atoms with Gasteiger partial charge in [-0.2, -0.15) is 0 Å². The highest BCUT2D eigenvalue weighted by Crippen LogP contribution is 2.55. The molecule has 0 spiro atoms. The third-order valence-corrected chi connectivity index (χ3v) is 17.2. The Hall–Kier alpha value is -4.39. The molecule has 8 rings (SSSR count). The first-order chi connectivity index (χ1) is 34.5. The molecule has 6 bridgehead atoms. The largest absolute Gasteiger partial charge is 0.508 e. The highest BCUT2D eigenvalue weighted by Gasteiger charge is 2.61. The Labute approximate surface area is 427 Å². The average Bonchev–Trinajstić information content (AvgIpc) is 3.81. The Kier molecular flexibility index (Phi) is 19.0. The van der Waals surface area contributed by atoms with Crippen molar-refractivity contribution in [1.29, 1.82) is 0 Å². The van der Waals surface area contributed by atoms with Gasteiger partial charge in [-0.15, -0.1) is 0 Å². The summed E-state index contributed by atoms with van der Waals surface area (Å²) in [7, 11) is 0. The summed E-state index contributed by atoms with van der Waals surface area (Å²) < 4.78 is 0. The van der Waals surface area contributed by atoms with Crippen molar-refractivity contribution < 1.29 is 50.8 Å². The Morgan fingerprint density at radius 2 is 1.62 bits per heavy atom. The van der Waals surface area contributed by atoms with Gasteiger partial charge in [0, 0.05) is 35.5 Å². The molecule has 392 valence electrons. The number of unbranched alkanes of at least 4 members (excludes halogenated alkanes) is 1. The second-order valence-corrected chi connectivity index (χ2v) is 22.0. The number of aromatic hydroxyl groups is 1. The standard InChI is InChI=1S/C60H82N2O10/c1-4-5-14-52(66)53(67)29-22-44-21-20-43-12-7-6-11-42(43)13-10-33-60(58(3,72)59(31-8-9-32-59)45-23-25-46(64)26-24-45)37-41-18-16-40(17-19-41)34-55(69)48-27-15-39(2)61-57(50(48)36-56(70)71)54(68)30-28-51(62-60)49(44)35-47(65)38-63/h6-7,11-12,16-19,22-26,29,39,47-48,50-55,57,61-69,72H,4-5,8-9,14-15,20-21,27-28,30-38H2,1-3H3,(H,70,71). The van der Waals surface area contributed by atoms with Crippen molar-refractivity contribution in [3.8, 4) is 17.6 Å². The molecule has 1 aliphatic carbocycles. The fourth-order valence-corrected chi connectivity index (χ4v) is 13.0. The van der Waals surface area contributed by atoms with Crippen LogP contribution in [0.4, 0.5) is 0 Å². The molecule has 0 aromatic heterocycles. The van der Waals surface area contributed by atoms with E-state index in [2.05, 4.69) is 22.5 Å². The Morgan fingerprint density at radius 3 is 2.32 bits per heavy atom. The van der Waals surface area contributed by atoms with Crippen LogP contribution in [0.25, 0.3) is 0 Å². The van der Waals surface area contributed by atoms with E-state index < -0.39 is 83.6 Å². The van der Waals surface area contributed by atoms with E-state index in [9.17, 15) is 50.8 Å². The number of rotatable bonds is 14. The average molecular weight is 991 g/mol. The number of fused-ring (bicyclic) bond motifs is 6. The van der Waals surface area contributed by atoms with Crippen LogP contribution in [0.3, 0.4) is 0 Å². The van der Waals surface area contributed by atoms with E-state index in [0.717, 1.165) is 59.1 Å². The number of benzene rings is 3. The lowest BCUT2D eigenvalue weighted by Gasteiger charge is -2.56. The molecule has 72 heavy (non-hydrogen) atoms. The number of carboxylic acids is 1. The Bertz CT molecular complexity index is 2360. The third-order valence-electron chi connectivity index (χ3n) is 17.2. The molecule has 0 amide bonds. The lowest BCUT2D eigenvalue weighted by Crippen LogP contribution is -2.72. The maximum atomic E-state index is 14.3. The first-order valence-corrected chi connectivity index (χ1v) is 26.8. The number of carboxylic acid groups (broad SMARTS) is 1. The SMILES string of the molecule is CCCCC(O)C(O)C=CC1=C(CC(O)CO)C2CCC(O)C3NC(C)CCC(C(O)Cc4ccc(cc4)CC(C(C)(O)C4(c5ccc(O)cc5)CCCC4)(CC#Cc4ccccc4CC1)N2)C3CC(=O)O. The van der Waals surface area contributed by atoms with Crippen LogP contribution < -0.4 is 10.6 Å². The zero-order chi connectivity index (χ0) is 51.6. The van der Waals surface area contributed by atoms with Crippen LogP contribution in [-0.2, 0) is 29.5 Å². The normalized spacial score (nSPS) is 29.3. The maximum absolute atomic E-state index is 14.3. The number of phenols is 1. The summed E-state index contributed by atoms with van der Waals surface area (Å²) in [5.41, 5.74) is 2.11. The number of hydrogen-bond donors (Lipinski definition) is 11. The summed E-state index contributed by atoms with van der Waals surface area (Å²) in [4.78, 5) is 12.7. The molecular weight excluding hydrogens is 909 g/mol. The zero-order valence-corrected chi connectivity index (χ0v) is 42.7. The number of aliphatic hydroxyl groups excluding tert-OH is 6. The van der Waals surface area contributed by atoms with Crippen molar-refractivity contribution in [1.82, 2.24) is 10.6 Å². The molecule has 4 heterocycles. The van der Waals surface area contributed by atoms with Crippen molar-refractivity contribution >= 4 is 5.97 Å². The maximum Gasteiger partial charge on any atom is 0.303 e. The van der Waals surface area contributed by atoms with E-state index in [1.807, 2.05) is 87.5 Å². The molecule has 11 N–H and O–H groups in total. The smallest absolute Gasteiger partial charge is 0.303 e. The lowest BCUT2D eigenvalue weighted by atomic mass is 9.56. The van der Waals surface area contributed by atoms with Crippen LogP contribution in [0.1, 0.15) is 145 Å². The predicted molar refractivity (Wildman–Crippen MR) is 280 cm³/mol. The predicted octanol–water partition coefficient (Wildman–Crippen LogP) is 6.70. The molecule has 3 aromatic rings. The lowest BCUT2D eigenvalue weighted by molar-refractivity contribution is -0.139. The monoisotopic (exact) mass is 991 g/mol. The number of phenolic OH excluding ortho intramolecular Hbond substituents is 1. The van der Waals surface area contributed by atoms with Crippen LogP contribution in [0.2, 0.25) is 0 Å². The number of aliphatic carboxylic acids is 1. The Morgan fingerprint density at radius 1 is 0.917 bits per heavy atom. The van der Waals surface area contributed by atoms with E-state index >= 15 is 0 Å². The van der Waals surface area contributed by atoms with Crippen LogP contribution in [-0.4, -0.2) is 118 Å². The number of aryl methyl sites for hydroxylation is 1. The van der Waals surface area contributed by atoms with Crippen LogP contribution in [0, 0.1) is 23.7 Å². The highest BCUT2D eigenvalue weighted by atomic mass is 16.4. The minimum absolute atomic E-state index is 0.0175. The van der Waals surface area contributed by atoms with Crippen LogP contribution in [0.5, 0.6) is 5.75 Å². The molecule has 3 aromatic carbocycles. The first-order valence-electron chi connectivity index (χ1n) is 26.8. The molecule has 2 fully saturated rings. The van der Waals surface area contributed by atoms with Gasteiger partial charge in [0.1, 0.15) is 5.75 Å². The summed E-state index contributed by atoms with van der Waals surface area (Å²) in [6.07, 6.45) is 5.92. The molecule has 12 atom stereocenters. The zero-order valence-electron chi connectivity index (χ0n) is 42.7. The van der Waals surface area contributed by atoms with Crippen molar-refractivity contribution in [3.05, 3.63) is 124 Å². The minimum Gasteiger partial charge on any atom is -0.508 e. The van der Waals surface area contributed by atoms with Crippen molar-refractivity contribution in [2.75, 3.05) is 6.61 Å². The van der Waals surface area contributed by atoms with Crippen molar-refractivity contribution in [2.24, 2.45) is 11.8 Å². The minimum atomic E-state index is -1.61. The fourth-order valence-electron chi connectivity index (χ4n) is 13.0. The first kappa shape index (κ1) is 55.4. The molecule has 12 unspecified atom stereocenters. The molecule has 1 saturated heterocycles. The quantitative estimate of drug-likeness (QED) is 0.0761. The molecule has 4 aliphatic heterocycles. The molecule has 12 heteroatoms. The summed E-state index contributed by atoms with van der Waals surface area (Å²) in [5, 5.41) is 113. The van der Waals surface area contributed by atoms with Gasteiger partial charge in [0.15, 0.2) is 0 Å². The molecule has 0 radical (unpaired) electrons. The van der Waals surface area contributed by atoms with E-state index in [-0.39, 0.29) is 56.7 Å². The van der Waals surface area contributed by atoms with Crippen LogP contribution >= 0.6 is 0 Å². The fraction of sp³-hybridized carbons (Fsp3) is 0.583. The number of allylic oxidation sites excluding steroid dienone is 2. The number of aliphatic hydroxyl groups is 7. The third kappa shape index (κ3) is 12.7. The summed E-state index contributed by atoms with van der Waals surface area (Å²) >= 11 is 0. The van der Waals surface area contributed by atoms with Gasteiger partial charge in [0.05, 0.1) is 54.7 Å². The summed E-state index contributed by atoms with van der Waals surface area (Å²) in [6.45, 7) is 5.40. The second kappa shape index (κ2) is 24.8. The van der Waals surface area contributed by atoms with Gasteiger partial charge in [-0.3, -0.25) is 4.79 Å². The molecular formula is C60H82N2O10. The van der Waals surface area contributed by atoms with Crippen LogP contribution in [0.15, 0.2) is 96.1 Å². The van der Waals surface area contributed by atoms with Gasteiger partial charge in [-0.25, -0.2) is 0 Å². The molecule has 5 aliphatic rings. The van der Waals surface area contributed by atoms with Gasteiger partial charge >= 0.3 is 5.97 Å². The molecule has 1 saturated carbocycles. The van der Waals surface area contributed by atoms with Crippen molar-refractivity contribution in [3.63, 3.8) is 0 Å². The summed E-state index contributed by atoms with van der Waals surface area (Å²) in [6, 6.07) is 21.6. The molecule has 12 nitrogen and oxygen atoms in total. The van der Waals surface area contributed by atoms with E-state index in [1.54, 1.807) is 18.2 Å². The Balaban J connectivity index is 1.53. The van der Waals surface area contributed by atoms with Gasteiger partial charge < -0.3 is 56.6 Å². The second-order valence-electron chi connectivity index (χ2n) is 22.0. The number of nitrogens with one attached hydrogen (secondary N) is 2. The van der Waals surface area contributed by atoms with Crippen molar-refractivity contribution in [2.45, 2.75) is 202 Å². The van der Waals surface area contributed by atoms with E-state index in [0.29, 0.717) is 50.5 Å². The number of carbonyl (C=O) groups is 1. The van der Waals surface area contributed by atoms with E-state index in [4.69, 9.17) is 0 Å². The van der Waals surface area contributed by atoms with Gasteiger partial charge in [-0.1, -0.05) is 111 Å². The highest BCUT2D eigenvalue weighted by molar-refractivity contribution is 5.67.